The molecule has 1 aliphatic rings. The Balaban J connectivity index is 2.24. The molecule has 2 atom stereocenters. The molecule has 1 aliphatic heterocycles. The molecule has 1 aromatic carbocycles. The lowest BCUT2D eigenvalue weighted by molar-refractivity contribution is -0.111. The zero-order chi connectivity index (χ0) is 11.5. The third-order valence-electron chi connectivity index (χ3n) is 3.07. The predicted octanol–water partition coefficient (Wildman–Crippen LogP) is 1.72. The maximum absolute atomic E-state index is 11.0. The van der Waals surface area contributed by atoms with Crippen molar-refractivity contribution < 1.29 is 14.7 Å². The molecule has 1 fully saturated rings. The quantitative estimate of drug-likeness (QED) is 0.770. The van der Waals surface area contributed by atoms with Gasteiger partial charge in [-0.25, -0.2) is 4.79 Å². The van der Waals surface area contributed by atoms with Gasteiger partial charge in [-0.2, -0.15) is 0 Å². The Morgan fingerprint density at radius 1 is 1.38 bits per heavy atom. The van der Waals surface area contributed by atoms with Crippen LogP contribution < -0.4 is 0 Å². The molecule has 0 aliphatic carbocycles. The van der Waals surface area contributed by atoms with Crippen molar-refractivity contribution in [3.05, 3.63) is 35.9 Å². The average molecular weight is 219 g/mol. The van der Waals surface area contributed by atoms with Crippen molar-refractivity contribution in [2.45, 2.75) is 18.4 Å². The smallest absolute Gasteiger partial charge is 0.407 e. The average Bonchev–Trinajstić information content (AvgIpc) is 2.73. The van der Waals surface area contributed by atoms with Crippen LogP contribution in [0.2, 0.25) is 0 Å². The van der Waals surface area contributed by atoms with Gasteiger partial charge in [0, 0.05) is 12.5 Å². The van der Waals surface area contributed by atoms with Crippen LogP contribution in [0.25, 0.3) is 0 Å². The second-order valence-electron chi connectivity index (χ2n) is 3.91. The van der Waals surface area contributed by atoms with E-state index >= 15 is 0 Å². The van der Waals surface area contributed by atoms with Crippen LogP contribution in [0, 0.1) is 0 Å². The van der Waals surface area contributed by atoms with Crippen molar-refractivity contribution in [3.8, 4) is 0 Å². The van der Waals surface area contributed by atoms with E-state index in [4.69, 9.17) is 5.11 Å². The maximum atomic E-state index is 11.0. The summed E-state index contributed by atoms with van der Waals surface area (Å²) in [6.07, 6.45) is 0.425. The van der Waals surface area contributed by atoms with Gasteiger partial charge in [0.15, 0.2) is 0 Å². The molecule has 0 bridgehead atoms. The third kappa shape index (κ3) is 1.78. The highest BCUT2D eigenvalue weighted by Gasteiger charge is 2.37. The zero-order valence-electron chi connectivity index (χ0n) is 8.74. The van der Waals surface area contributed by atoms with Gasteiger partial charge in [-0.3, -0.25) is 4.90 Å². The molecule has 0 unspecified atom stereocenters. The van der Waals surface area contributed by atoms with E-state index in [9.17, 15) is 9.59 Å². The lowest BCUT2D eigenvalue weighted by atomic mass is 9.92. The molecule has 1 saturated heterocycles. The van der Waals surface area contributed by atoms with Gasteiger partial charge in [-0.15, -0.1) is 0 Å². The molecular weight excluding hydrogens is 206 g/mol. The van der Waals surface area contributed by atoms with Crippen LogP contribution in [0.4, 0.5) is 4.79 Å². The molecule has 0 radical (unpaired) electrons. The van der Waals surface area contributed by atoms with E-state index in [2.05, 4.69) is 0 Å². The number of amides is 1. The first-order chi connectivity index (χ1) is 7.74. The van der Waals surface area contributed by atoms with Crippen LogP contribution in [0.1, 0.15) is 17.9 Å². The molecule has 1 aromatic rings. The standard InChI is InChI=1S/C12H13NO3/c14-8-11-10(6-7-13(11)12(15)16)9-4-2-1-3-5-9/h1-5,8,10-11H,6-7H2,(H,15,16)/t10-,11+/m1/s1. The predicted molar refractivity (Wildman–Crippen MR) is 58.4 cm³/mol. The number of likely N-dealkylation sites (tertiary alicyclic amines) is 1. The molecule has 4 nitrogen and oxygen atoms in total. The van der Waals surface area contributed by atoms with Crippen molar-refractivity contribution >= 4 is 12.4 Å². The summed E-state index contributed by atoms with van der Waals surface area (Å²) in [7, 11) is 0. The van der Waals surface area contributed by atoms with E-state index in [0.717, 1.165) is 11.8 Å². The minimum absolute atomic E-state index is 0.00481. The number of carbonyl (C=O) groups excluding carboxylic acids is 1. The fourth-order valence-electron chi connectivity index (χ4n) is 2.27. The summed E-state index contributed by atoms with van der Waals surface area (Å²) < 4.78 is 0. The van der Waals surface area contributed by atoms with Crippen molar-refractivity contribution in [1.29, 1.82) is 0 Å². The summed E-state index contributed by atoms with van der Waals surface area (Å²) in [4.78, 5) is 23.1. The van der Waals surface area contributed by atoms with E-state index in [1.54, 1.807) is 0 Å². The summed E-state index contributed by atoms with van der Waals surface area (Å²) in [5, 5.41) is 8.95. The lowest BCUT2D eigenvalue weighted by Crippen LogP contribution is -2.37. The van der Waals surface area contributed by atoms with Crippen molar-refractivity contribution in [3.63, 3.8) is 0 Å². The van der Waals surface area contributed by atoms with Crippen LogP contribution in [0.5, 0.6) is 0 Å². The molecule has 0 saturated carbocycles. The van der Waals surface area contributed by atoms with Crippen LogP contribution in [0.3, 0.4) is 0 Å². The largest absolute Gasteiger partial charge is 0.465 e. The van der Waals surface area contributed by atoms with Gasteiger partial charge < -0.3 is 9.90 Å². The zero-order valence-corrected chi connectivity index (χ0v) is 8.74. The number of benzene rings is 1. The minimum Gasteiger partial charge on any atom is -0.465 e. The van der Waals surface area contributed by atoms with Crippen molar-refractivity contribution in [1.82, 2.24) is 4.90 Å². The topological polar surface area (TPSA) is 57.6 Å². The normalized spacial score (nSPS) is 24.4. The Hall–Kier alpha value is -1.84. The monoisotopic (exact) mass is 219 g/mol. The van der Waals surface area contributed by atoms with Gasteiger partial charge in [0.1, 0.15) is 6.29 Å². The van der Waals surface area contributed by atoms with E-state index in [1.807, 2.05) is 30.3 Å². The van der Waals surface area contributed by atoms with Crippen LogP contribution in [0.15, 0.2) is 30.3 Å². The van der Waals surface area contributed by atoms with Crippen LogP contribution in [-0.4, -0.2) is 35.0 Å². The number of aldehydes is 1. The third-order valence-corrected chi connectivity index (χ3v) is 3.07. The summed E-state index contributed by atoms with van der Waals surface area (Å²) >= 11 is 0. The highest BCUT2D eigenvalue weighted by atomic mass is 16.4. The molecule has 4 heteroatoms. The minimum atomic E-state index is -1.02. The fraction of sp³-hybridized carbons (Fsp3) is 0.333. The van der Waals surface area contributed by atoms with Gasteiger partial charge in [-0.05, 0) is 12.0 Å². The number of rotatable bonds is 2. The van der Waals surface area contributed by atoms with E-state index in [-0.39, 0.29) is 5.92 Å². The fourth-order valence-corrected chi connectivity index (χ4v) is 2.27. The second-order valence-corrected chi connectivity index (χ2v) is 3.91. The van der Waals surface area contributed by atoms with Crippen molar-refractivity contribution in [2.24, 2.45) is 0 Å². The lowest BCUT2D eigenvalue weighted by Gasteiger charge is -2.20. The molecule has 1 N–H and O–H groups in total. The van der Waals surface area contributed by atoms with Gasteiger partial charge >= 0.3 is 6.09 Å². The SMILES string of the molecule is O=C[C@H]1[C@@H](c2ccccc2)CCN1C(=O)O. The molecule has 16 heavy (non-hydrogen) atoms. The summed E-state index contributed by atoms with van der Waals surface area (Å²) in [5.41, 5.74) is 1.03. The summed E-state index contributed by atoms with van der Waals surface area (Å²) in [6, 6.07) is 9.05. The Labute approximate surface area is 93.5 Å². The Bertz CT molecular complexity index is 391. The molecule has 2 rings (SSSR count). The molecule has 0 spiro atoms. The van der Waals surface area contributed by atoms with Gasteiger partial charge in [0.05, 0.1) is 6.04 Å². The highest BCUT2D eigenvalue weighted by Crippen LogP contribution is 2.32. The molecule has 1 heterocycles. The van der Waals surface area contributed by atoms with Gasteiger partial charge in [0.25, 0.3) is 0 Å². The van der Waals surface area contributed by atoms with E-state index in [0.29, 0.717) is 13.0 Å². The first kappa shape index (κ1) is 10.7. The first-order valence-electron chi connectivity index (χ1n) is 5.24. The van der Waals surface area contributed by atoms with Crippen LogP contribution >= 0.6 is 0 Å². The number of carbonyl (C=O) groups is 2. The van der Waals surface area contributed by atoms with E-state index in [1.165, 1.54) is 4.90 Å². The first-order valence-corrected chi connectivity index (χ1v) is 5.24. The Morgan fingerprint density at radius 3 is 2.62 bits per heavy atom. The summed E-state index contributed by atoms with van der Waals surface area (Å²) in [6.45, 7) is 0.429. The highest BCUT2D eigenvalue weighted by molar-refractivity contribution is 5.73. The molecule has 1 amide bonds. The molecular formula is C12H13NO3. The van der Waals surface area contributed by atoms with Crippen molar-refractivity contribution in [2.75, 3.05) is 6.54 Å². The maximum Gasteiger partial charge on any atom is 0.407 e. The molecule has 84 valence electrons. The number of hydrogen-bond donors (Lipinski definition) is 1. The summed E-state index contributed by atoms with van der Waals surface area (Å²) in [5.74, 6) is -0.00481. The Kier molecular flexibility index (Phi) is 2.90. The van der Waals surface area contributed by atoms with Gasteiger partial charge in [-0.1, -0.05) is 30.3 Å². The van der Waals surface area contributed by atoms with Gasteiger partial charge in [0.2, 0.25) is 0 Å². The van der Waals surface area contributed by atoms with E-state index < -0.39 is 12.1 Å². The second kappa shape index (κ2) is 4.35. The number of nitrogens with zero attached hydrogens (tertiary/aromatic N) is 1. The number of carboxylic acid groups (broad SMARTS) is 1. The Morgan fingerprint density at radius 2 is 2.06 bits per heavy atom. The van der Waals surface area contributed by atoms with Crippen LogP contribution in [-0.2, 0) is 4.79 Å². The number of hydrogen-bond acceptors (Lipinski definition) is 2. The molecule has 0 aromatic heterocycles.